The van der Waals surface area contributed by atoms with Crippen molar-refractivity contribution in [2.45, 2.75) is 69.9 Å². The predicted molar refractivity (Wildman–Crippen MR) is 74.0 cm³/mol. The highest BCUT2D eigenvalue weighted by Crippen LogP contribution is 2.48. The number of carbonyl (C=O) groups is 1. The summed E-state index contributed by atoms with van der Waals surface area (Å²) in [5.41, 5.74) is 0.349. The van der Waals surface area contributed by atoms with Crippen LogP contribution in [0.3, 0.4) is 0 Å². The third-order valence-corrected chi connectivity index (χ3v) is 5.40. The van der Waals surface area contributed by atoms with Gasteiger partial charge in [-0.2, -0.15) is 0 Å². The summed E-state index contributed by atoms with van der Waals surface area (Å²) in [6.45, 7) is 1.73. The van der Waals surface area contributed by atoms with Gasteiger partial charge < -0.3 is 15.4 Å². The Bertz CT molecular complexity index is 320. The van der Waals surface area contributed by atoms with E-state index in [2.05, 4.69) is 10.6 Å². The summed E-state index contributed by atoms with van der Waals surface area (Å²) in [5, 5.41) is 6.38. The van der Waals surface area contributed by atoms with Crippen LogP contribution < -0.4 is 10.6 Å². The van der Waals surface area contributed by atoms with Crippen molar-refractivity contribution < 1.29 is 9.53 Å². The number of urea groups is 1. The molecule has 0 aromatic heterocycles. The first-order chi connectivity index (χ1) is 9.28. The van der Waals surface area contributed by atoms with Crippen molar-refractivity contribution in [3.05, 3.63) is 0 Å². The SMILES string of the molecule is O=C(NC1CCCCC1)NC1CCC12CCOCC2. The Morgan fingerprint density at radius 3 is 2.32 bits per heavy atom. The summed E-state index contributed by atoms with van der Waals surface area (Å²) in [6.07, 6.45) is 10.8. The van der Waals surface area contributed by atoms with Crippen LogP contribution in [-0.2, 0) is 4.74 Å². The van der Waals surface area contributed by atoms with Gasteiger partial charge in [0.1, 0.15) is 0 Å². The zero-order valence-corrected chi connectivity index (χ0v) is 11.7. The molecule has 0 radical (unpaired) electrons. The molecule has 2 saturated carbocycles. The molecule has 0 aromatic carbocycles. The third-order valence-electron chi connectivity index (χ3n) is 5.40. The summed E-state index contributed by atoms with van der Waals surface area (Å²) in [5.74, 6) is 0. The lowest BCUT2D eigenvalue weighted by Crippen LogP contribution is -2.59. The van der Waals surface area contributed by atoms with Crippen LogP contribution in [0.25, 0.3) is 0 Å². The average molecular weight is 266 g/mol. The third kappa shape index (κ3) is 2.88. The second kappa shape index (κ2) is 5.70. The molecule has 2 N–H and O–H groups in total. The van der Waals surface area contributed by atoms with E-state index in [1.54, 1.807) is 0 Å². The van der Waals surface area contributed by atoms with Crippen molar-refractivity contribution >= 4 is 6.03 Å². The second-order valence-corrected chi connectivity index (χ2v) is 6.52. The fourth-order valence-electron chi connectivity index (χ4n) is 3.93. The number of carbonyl (C=O) groups excluding carboxylic acids is 1. The van der Waals surface area contributed by atoms with Crippen LogP contribution in [0.1, 0.15) is 57.8 Å². The Labute approximate surface area is 115 Å². The van der Waals surface area contributed by atoms with Crippen molar-refractivity contribution in [1.29, 1.82) is 0 Å². The Kier molecular flexibility index (Phi) is 3.96. The van der Waals surface area contributed by atoms with Crippen molar-refractivity contribution in [1.82, 2.24) is 10.6 Å². The van der Waals surface area contributed by atoms with Crippen molar-refractivity contribution in [2.24, 2.45) is 5.41 Å². The van der Waals surface area contributed by atoms with E-state index in [0.717, 1.165) is 45.3 Å². The van der Waals surface area contributed by atoms with Crippen LogP contribution >= 0.6 is 0 Å². The van der Waals surface area contributed by atoms with E-state index in [1.807, 2.05) is 0 Å². The van der Waals surface area contributed by atoms with E-state index in [1.165, 1.54) is 25.7 Å². The number of rotatable bonds is 2. The van der Waals surface area contributed by atoms with Gasteiger partial charge in [0.25, 0.3) is 0 Å². The highest BCUT2D eigenvalue weighted by Gasteiger charge is 2.48. The molecule has 1 aliphatic heterocycles. The molecule has 1 saturated heterocycles. The molecule has 0 bridgehead atoms. The van der Waals surface area contributed by atoms with Gasteiger partial charge >= 0.3 is 6.03 Å². The summed E-state index contributed by atoms with van der Waals surface area (Å²) in [4.78, 5) is 12.1. The lowest BCUT2D eigenvalue weighted by molar-refractivity contribution is -0.0512. The lowest BCUT2D eigenvalue weighted by Gasteiger charge is -2.52. The van der Waals surface area contributed by atoms with Gasteiger partial charge in [-0.25, -0.2) is 4.79 Å². The van der Waals surface area contributed by atoms with Gasteiger partial charge in [-0.05, 0) is 43.9 Å². The van der Waals surface area contributed by atoms with Gasteiger partial charge in [-0.15, -0.1) is 0 Å². The maximum Gasteiger partial charge on any atom is 0.315 e. The molecule has 2 amide bonds. The zero-order chi connectivity index (χ0) is 13.1. The first kappa shape index (κ1) is 13.2. The minimum Gasteiger partial charge on any atom is -0.381 e. The summed E-state index contributed by atoms with van der Waals surface area (Å²) in [6, 6.07) is 0.835. The van der Waals surface area contributed by atoms with Crippen LogP contribution in [-0.4, -0.2) is 31.3 Å². The number of hydrogen-bond acceptors (Lipinski definition) is 2. The molecule has 3 aliphatic rings. The monoisotopic (exact) mass is 266 g/mol. The van der Waals surface area contributed by atoms with Crippen LogP contribution in [0, 0.1) is 5.41 Å². The Morgan fingerprint density at radius 2 is 1.68 bits per heavy atom. The highest BCUT2D eigenvalue weighted by molar-refractivity contribution is 5.74. The van der Waals surface area contributed by atoms with E-state index in [0.29, 0.717) is 17.5 Å². The van der Waals surface area contributed by atoms with Gasteiger partial charge in [0.2, 0.25) is 0 Å². The van der Waals surface area contributed by atoms with Gasteiger partial charge in [0, 0.05) is 25.3 Å². The van der Waals surface area contributed by atoms with E-state index < -0.39 is 0 Å². The molecule has 19 heavy (non-hydrogen) atoms. The first-order valence-corrected chi connectivity index (χ1v) is 7.93. The molecule has 1 spiro atoms. The van der Waals surface area contributed by atoms with Gasteiger partial charge in [0.05, 0.1) is 0 Å². The molecule has 1 unspecified atom stereocenters. The van der Waals surface area contributed by atoms with E-state index in [-0.39, 0.29) is 6.03 Å². The molecule has 4 heteroatoms. The Balaban J connectivity index is 1.46. The quantitative estimate of drug-likeness (QED) is 0.807. The van der Waals surface area contributed by atoms with E-state index in [9.17, 15) is 4.79 Å². The molecule has 1 heterocycles. The fourth-order valence-corrected chi connectivity index (χ4v) is 3.93. The van der Waals surface area contributed by atoms with Crippen molar-refractivity contribution in [3.63, 3.8) is 0 Å². The average Bonchev–Trinajstić information content (AvgIpc) is 2.46. The topological polar surface area (TPSA) is 50.4 Å². The standard InChI is InChI=1S/C15H26N2O2/c18-14(16-12-4-2-1-3-5-12)17-13-6-7-15(13)8-10-19-11-9-15/h12-13H,1-11H2,(H2,16,17,18). The van der Waals surface area contributed by atoms with Gasteiger partial charge in [0.15, 0.2) is 0 Å². The minimum absolute atomic E-state index is 0.0578. The van der Waals surface area contributed by atoms with Gasteiger partial charge in [-0.3, -0.25) is 0 Å². The highest BCUT2D eigenvalue weighted by atomic mass is 16.5. The van der Waals surface area contributed by atoms with Crippen LogP contribution in [0.4, 0.5) is 4.79 Å². The molecule has 1 atom stereocenters. The van der Waals surface area contributed by atoms with Crippen LogP contribution in [0.5, 0.6) is 0 Å². The predicted octanol–water partition coefficient (Wildman–Crippen LogP) is 2.58. The molecular formula is C15H26N2O2. The number of nitrogens with one attached hydrogen (secondary N) is 2. The van der Waals surface area contributed by atoms with Crippen LogP contribution in [0.15, 0.2) is 0 Å². The molecule has 0 aromatic rings. The van der Waals surface area contributed by atoms with Crippen molar-refractivity contribution in [3.8, 4) is 0 Å². The first-order valence-electron chi connectivity index (χ1n) is 7.93. The normalized spacial score (nSPS) is 30.6. The fraction of sp³-hybridized carbons (Fsp3) is 0.933. The summed E-state index contributed by atoms with van der Waals surface area (Å²) >= 11 is 0. The number of hydrogen-bond donors (Lipinski definition) is 2. The molecule has 3 fully saturated rings. The zero-order valence-electron chi connectivity index (χ0n) is 11.7. The maximum atomic E-state index is 12.1. The number of ether oxygens (including phenoxy) is 1. The van der Waals surface area contributed by atoms with E-state index in [4.69, 9.17) is 4.74 Å². The minimum atomic E-state index is 0.0578. The summed E-state index contributed by atoms with van der Waals surface area (Å²) < 4.78 is 5.45. The lowest BCUT2D eigenvalue weighted by atomic mass is 9.60. The molecular weight excluding hydrogens is 240 g/mol. The van der Waals surface area contributed by atoms with Crippen LogP contribution in [0.2, 0.25) is 0 Å². The Hall–Kier alpha value is -0.770. The number of amides is 2. The van der Waals surface area contributed by atoms with Gasteiger partial charge in [-0.1, -0.05) is 19.3 Å². The summed E-state index contributed by atoms with van der Waals surface area (Å²) in [7, 11) is 0. The van der Waals surface area contributed by atoms with E-state index >= 15 is 0 Å². The molecule has 108 valence electrons. The van der Waals surface area contributed by atoms with Crippen molar-refractivity contribution in [2.75, 3.05) is 13.2 Å². The molecule has 4 nitrogen and oxygen atoms in total. The smallest absolute Gasteiger partial charge is 0.315 e. The molecule has 3 rings (SSSR count). The maximum absolute atomic E-state index is 12.1. The molecule has 2 aliphatic carbocycles. The Morgan fingerprint density at radius 1 is 0.947 bits per heavy atom. The largest absolute Gasteiger partial charge is 0.381 e. The second-order valence-electron chi connectivity index (χ2n) is 6.52.